The lowest BCUT2D eigenvalue weighted by Gasteiger charge is -2.20. The maximum atomic E-state index is 10.3. The van der Waals surface area contributed by atoms with Gasteiger partial charge in [0.1, 0.15) is 0 Å². The fraction of sp³-hybridized carbons (Fsp3) is 0.500. The summed E-state index contributed by atoms with van der Waals surface area (Å²) in [4.78, 5) is 0. The minimum Gasteiger partial charge on any atom is -0.492 e. The molecular formula is C18H26N2O. The van der Waals surface area contributed by atoms with Crippen molar-refractivity contribution >= 4 is 0 Å². The Balaban J connectivity index is 2.67. The van der Waals surface area contributed by atoms with Gasteiger partial charge in [0.05, 0.1) is 5.69 Å². The van der Waals surface area contributed by atoms with Crippen LogP contribution in [0, 0.1) is 12.8 Å². The topological polar surface area (TPSA) is 38.1 Å². The van der Waals surface area contributed by atoms with E-state index < -0.39 is 0 Å². The van der Waals surface area contributed by atoms with Crippen molar-refractivity contribution in [3.8, 4) is 17.1 Å². The molecule has 114 valence electrons. The Morgan fingerprint density at radius 2 is 1.71 bits per heavy atom. The molecule has 2 rings (SSSR count). The maximum absolute atomic E-state index is 10.3. The molecule has 3 nitrogen and oxygen atoms in total. The van der Waals surface area contributed by atoms with Crippen LogP contribution < -0.4 is 0 Å². The largest absolute Gasteiger partial charge is 0.492 e. The second-order valence-electron chi connectivity index (χ2n) is 7.24. The summed E-state index contributed by atoms with van der Waals surface area (Å²) in [5.41, 5.74) is 4.15. The summed E-state index contributed by atoms with van der Waals surface area (Å²) in [7, 11) is 0. The van der Waals surface area contributed by atoms with Crippen LogP contribution in [0.5, 0.6) is 5.88 Å². The number of hydrogen-bond acceptors (Lipinski definition) is 2. The predicted octanol–water partition coefficient (Wildman–Crippen LogP) is 4.52. The van der Waals surface area contributed by atoms with Crippen LogP contribution in [0.2, 0.25) is 0 Å². The smallest absolute Gasteiger partial charge is 0.234 e. The summed E-state index contributed by atoms with van der Waals surface area (Å²) >= 11 is 0. The average molecular weight is 286 g/mol. The van der Waals surface area contributed by atoms with Gasteiger partial charge in [-0.2, -0.15) is 0 Å². The normalized spacial score (nSPS) is 12.1. The third kappa shape index (κ3) is 3.29. The summed E-state index contributed by atoms with van der Waals surface area (Å²) in [5, 5.41) is 14.7. The second-order valence-corrected chi connectivity index (χ2v) is 7.24. The number of aromatic nitrogens is 2. The molecule has 0 aliphatic heterocycles. The molecule has 1 heterocycles. The number of aromatic hydroxyl groups is 1. The number of aryl methyl sites for hydroxylation is 1. The van der Waals surface area contributed by atoms with Gasteiger partial charge in [0.2, 0.25) is 5.88 Å². The summed E-state index contributed by atoms with van der Waals surface area (Å²) < 4.78 is 1.95. The van der Waals surface area contributed by atoms with Crippen molar-refractivity contribution in [3.05, 3.63) is 35.4 Å². The molecular weight excluding hydrogens is 260 g/mol. The lowest BCUT2D eigenvalue weighted by molar-refractivity contribution is 0.411. The van der Waals surface area contributed by atoms with Crippen molar-refractivity contribution in [1.82, 2.24) is 9.78 Å². The van der Waals surface area contributed by atoms with Gasteiger partial charge in [-0.25, -0.2) is 0 Å². The first-order chi connectivity index (χ1) is 9.70. The molecule has 0 bridgehead atoms. The quantitative estimate of drug-likeness (QED) is 0.901. The van der Waals surface area contributed by atoms with Crippen molar-refractivity contribution < 1.29 is 5.11 Å². The van der Waals surface area contributed by atoms with Crippen LogP contribution in [0.3, 0.4) is 0 Å². The van der Waals surface area contributed by atoms with E-state index in [0.717, 1.165) is 23.4 Å². The lowest BCUT2D eigenvalue weighted by atomic mass is 9.85. The van der Waals surface area contributed by atoms with E-state index in [4.69, 9.17) is 0 Å². The summed E-state index contributed by atoms with van der Waals surface area (Å²) in [6, 6.07) is 8.42. The molecule has 1 N–H and O–H groups in total. The van der Waals surface area contributed by atoms with Crippen LogP contribution in [0.15, 0.2) is 24.3 Å². The van der Waals surface area contributed by atoms with Crippen LogP contribution in [-0.2, 0) is 12.0 Å². The Morgan fingerprint density at radius 3 is 2.19 bits per heavy atom. The molecule has 0 atom stereocenters. The highest BCUT2D eigenvalue weighted by Crippen LogP contribution is 2.39. The third-order valence-corrected chi connectivity index (χ3v) is 3.55. The first-order valence-electron chi connectivity index (χ1n) is 7.57. The first-order valence-corrected chi connectivity index (χ1v) is 7.57. The number of nitrogens with zero attached hydrogens (tertiary/aromatic N) is 2. The van der Waals surface area contributed by atoms with Gasteiger partial charge in [-0.05, 0) is 18.3 Å². The minimum absolute atomic E-state index is 0.152. The summed E-state index contributed by atoms with van der Waals surface area (Å²) in [6.07, 6.45) is 0. The van der Waals surface area contributed by atoms with Crippen LogP contribution in [-0.4, -0.2) is 14.9 Å². The highest BCUT2D eigenvalue weighted by atomic mass is 16.3. The summed E-state index contributed by atoms with van der Waals surface area (Å²) in [5.74, 6) is 0.625. The molecule has 0 radical (unpaired) electrons. The molecule has 0 aliphatic rings. The van der Waals surface area contributed by atoms with Gasteiger partial charge in [0.15, 0.2) is 0 Å². The zero-order valence-electron chi connectivity index (χ0n) is 13.9. The van der Waals surface area contributed by atoms with Gasteiger partial charge < -0.3 is 5.11 Å². The Hall–Kier alpha value is -1.77. The van der Waals surface area contributed by atoms with Crippen molar-refractivity contribution in [2.45, 2.75) is 53.5 Å². The van der Waals surface area contributed by atoms with E-state index in [0.29, 0.717) is 5.92 Å². The van der Waals surface area contributed by atoms with E-state index in [-0.39, 0.29) is 11.3 Å². The number of benzene rings is 1. The monoisotopic (exact) mass is 286 g/mol. The van der Waals surface area contributed by atoms with E-state index in [1.54, 1.807) is 0 Å². The molecule has 3 heteroatoms. The molecule has 0 aliphatic carbocycles. The Labute approximate surface area is 127 Å². The van der Waals surface area contributed by atoms with Crippen LogP contribution in [0.4, 0.5) is 0 Å². The van der Waals surface area contributed by atoms with Crippen molar-refractivity contribution in [2.24, 2.45) is 5.92 Å². The molecule has 2 aromatic rings. The van der Waals surface area contributed by atoms with E-state index in [1.165, 1.54) is 5.56 Å². The number of hydrogen-bond donors (Lipinski definition) is 1. The van der Waals surface area contributed by atoms with E-state index in [1.807, 2.05) is 4.68 Å². The van der Waals surface area contributed by atoms with Crippen LogP contribution >= 0.6 is 0 Å². The Morgan fingerprint density at radius 1 is 1.14 bits per heavy atom. The molecule has 1 aromatic heterocycles. The molecule has 0 saturated carbocycles. The zero-order chi connectivity index (χ0) is 15.8. The Kier molecular flexibility index (Phi) is 4.13. The average Bonchev–Trinajstić information content (AvgIpc) is 2.65. The molecule has 0 amide bonds. The SMILES string of the molecule is Cc1ccc(-c2c(C(C)(C)C)c(O)nn2CC(C)C)cc1. The first kappa shape index (κ1) is 15.6. The molecule has 0 saturated heterocycles. The molecule has 0 fully saturated rings. The number of rotatable bonds is 3. The van der Waals surface area contributed by atoms with Gasteiger partial charge in [-0.1, -0.05) is 64.4 Å². The summed E-state index contributed by atoms with van der Waals surface area (Å²) in [6.45, 7) is 13.5. The molecule has 0 unspecified atom stereocenters. The lowest BCUT2D eigenvalue weighted by Crippen LogP contribution is -2.14. The highest BCUT2D eigenvalue weighted by Gasteiger charge is 2.28. The van der Waals surface area contributed by atoms with Crippen LogP contribution in [0.25, 0.3) is 11.3 Å². The van der Waals surface area contributed by atoms with Crippen molar-refractivity contribution in [3.63, 3.8) is 0 Å². The van der Waals surface area contributed by atoms with E-state index >= 15 is 0 Å². The highest BCUT2D eigenvalue weighted by molar-refractivity contribution is 5.67. The standard InChI is InChI=1S/C18H26N2O/c1-12(2)11-20-16(14-9-7-13(3)8-10-14)15(17(21)19-20)18(4,5)6/h7-10,12H,11H2,1-6H3,(H,19,21). The Bertz CT molecular complexity index is 616. The van der Waals surface area contributed by atoms with Gasteiger partial charge in [0.25, 0.3) is 0 Å². The van der Waals surface area contributed by atoms with Gasteiger partial charge in [-0.15, -0.1) is 5.10 Å². The second kappa shape index (κ2) is 5.55. The van der Waals surface area contributed by atoms with Crippen LogP contribution in [0.1, 0.15) is 45.7 Å². The third-order valence-electron chi connectivity index (χ3n) is 3.55. The fourth-order valence-corrected chi connectivity index (χ4v) is 2.62. The fourth-order valence-electron chi connectivity index (χ4n) is 2.62. The maximum Gasteiger partial charge on any atom is 0.234 e. The van der Waals surface area contributed by atoms with Gasteiger partial charge in [0, 0.05) is 17.7 Å². The predicted molar refractivity (Wildman–Crippen MR) is 87.6 cm³/mol. The van der Waals surface area contributed by atoms with E-state index in [2.05, 4.69) is 70.9 Å². The van der Waals surface area contributed by atoms with Crippen molar-refractivity contribution in [2.75, 3.05) is 0 Å². The van der Waals surface area contributed by atoms with Crippen molar-refractivity contribution in [1.29, 1.82) is 0 Å². The van der Waals surface area contributed by atoms with Gasteiger partial charge in [-0.3, -0.25) is 4.68 Å². The minimum atomic E-state index is -0.153. The van der Waals surface area contributed by atoms with E-state index in [9.17, 15) is 5.11 Å². The molecule has 21 heavy (non-hydrogen) atoms. The van der Waals surface area contributed by atoms with Gasteiger partial charge >= 0.3 is 0 Å². The zero-order valence-corrected chi connectivity index (χ0v) is 13.9. The molecule has 0 spiro atoms. The molecule has 1 aromatic carbocycles.